The number of halogens is 1. The molecule has 2 heterocycles. The Morgan fingerprint density at radius 3 is 2.59 bits per heavy atom. The summed E-state index contributed by atoms with van der Waals surface area (Å²) in [4.78, 5) is 9.28. The Labute approximate surface area is 158 Å². The Morgan fingerprint density at radius 1 is 1.30 bits per heavy atom. The highest BCUT2D eigenvalue weighted by Crippen LogP contribution is 2.25. The van der Waals surface area contributed by atoms with E-state index in [1.165, 1.54) is 12.1 Å². The van der Waals surface area contributed by atoms with Crippen LogP contribution < -0.4 is 10.4 Å². The summed E-state index contributed by atoms with van der Waals surface area (Å²) < 4.78 is 37.4. The number of nitrogens with one attached hydrogen (secondary N) is 1. The van der Waals surface area contributed by atoms with Crippen molar-refractivity contribution in [2.75, 3.05) is 37.3 Å². The van der Waals surface area contributed by atoms with Gasteiger partial charge in [-0.25, -0.2) is 12.8 Å². The molecule has 0 amide bonds. The van der Waals surface area contributed by atoms with Gasteiger partial charge in [0.25, 0.3) is 0 Å². The zero-order valence-corrected chi connectivity index (χ0v) is 16.0. The number of hydrogen-bond acceptors (Lipinski definition) is 7. The summed E-state index contributed by atoms with van der Waals surface area (Å²) in [5.41, 5.74) is 4.34. The van der Waals surface area contributed by atoms with Crippen LogP contribution in [0.3, 0.4) is 0 Å². The maximum Gasteiger partial charge on any atom is 0.179 e. The highest BCUT2D eigenvalue weighted by atomic mass is 32.2. The Morgan fingerprint density at radius 2 is 2.04 bits per heavy atom. The number of anilines is 1. The largest absolute Gasteiger partial charge is 0.365 e. The molecule has 146 valence electrons. The van der Waals surface area contributed by atoms with Crippen LogP contribution in [0.15, 0.2) is 34.9 Å². The lowest BCUT2D eigenvalue weighted by molar-refractivity contribution is -0.0352. The maximum absolute atomic E-state index is 14.3. The molecule has 9 heteroatoms. The van der Waals surface area contributed by atoms with E-state index in [0.29, 0.717) is 38.3 Å². The number of hydrogen-bond donors (Lipinski definition) is 1. The second kappa shape index (κ2) is 8.15. The molecular formula is C18H23FN4O3S. The number of nitrogens with zero attached hydrogens (tertiary/aromatic N) is 3. The summed E-state index contributed by atoms with van der Waals surface area (Å²) in [6.07, 6.45) is 7.50. The van der Waals surface area contributed by atoms with Crippen molar-refractivity contribution in [3.63, 3.8) is 0 Å². The lowest BCUT2D eigenvalue weighted by Crippen LogP contribution is -2.38. The Balaban J connectivity index is 1.53. The van der Waals surface area contributed by atoms with Gasteiger partial charge in [-0.1, -0.05) is 0 Å². The van der Waals surface area contributed by atoms with Crippen LogP contribution in [0.1, 0.15) is 19.3 Å². The van der Waals surface area contributed by atoms with Crippen molar-refractivity contribution in [1.82, 2.24) is 10.4 Å². The number of rotatable bonds is 5. The van der Waals surface area contributed by atoms with Gasteiger partial charge in [0.05, 0.1) is 16.7 Å². The molecule has 27 heavy (non-hydrogen) atoms. The first-order chi connectivity index (χ1) is 12.9. The molecule has 2 aliphatic heterocycles. The summed E-state index contributed by atoms with van der Waals surface area (Å²) in [6, 6.07) is 4.01. The SMILES string of the molecule is CS(=O)(=O)c1ccc(N2CC=C(NOC3CCN(C#N)CC3)CC2)c(F)c1. The molecule has 0 atom stereocenters. The molecule has 0 radical (unpaired) electrons. The van der Waals surface area contributed by atoms with Gasteiger partial charge in [0, 0.05) is 44.6 Å². The van der Waals surface area contributed by atoms with Crippen molar-refractivity contribution < 1.29 is 17.6 Å². The van der Waals surface area contributed by atoms with E-state index in [0.717, 1.165) is 30.9 Å². The third-order valence-electron chi connectivity index (χ3n) is 4.84. The lowest BCUT2D eigenvalue weighted by Gasteiger charge is -2.31. The van der Waals surface area contributed by atoms with E-state index in [2.05, 4.69) is 11.7 Å². The molecule has 1 N–H and O–H groups in total. The number of nitriles is 1. The van der Waals surface area contributed by atoms with E-state index < -0.39 is 15.7 Å². The van der Waals surface area contributed by atoms with Gasteiger partial charge in [-0.05, 0) is 37.1 Å². The highest BCUT2D eigenvalue weighted by Gasteiger charge is 2.21. The number of benzene rings is 1. The third kappa shape index (κ3) is 4.90. The van der Waals surface area contributed by atoms with Crippen LogP contribution in [0.5, 0.6) is 0 Å². The zero-order chi connectivity index (χ0) is 19.4. The van der Waals surface area contributed by atoms with E-state index in [1.807, 2.05) is 11.0 Å². The lowest BCUT2D eigenvalue weighted by atomic mass is 10.1. The minimum atomic E-state index is -3.42. The minimum Gasteiger partial charge on any atom is -0.365 e. The van der Waals surface area contributed by atoms with Gasteiger partial charge in [0.2, 0.25) is 0 Å². The van der Waals surface area contributed by atoms with Gasteiger partial charge >= 0.3 is 0 Å². The van der Waals surface area contributed by atoms with Crippen LogP contribution in [-0.2, 0) is 14.7 Å². The van der Waals surface area contributed by atoms with Crippen molar-refractivity contribution in [2.24, 2.45) is 0 Å². The topological polar surface area (TPSA) is 85.7 Å². The average Bonchev–Trinajstić information content (AvgIpc) is 2.66. The quantitative estimate of drug-likeness (QED) is 0.602. The third-order valence-corrected chi connectivity index (χ3v) is 5.95. The van der Waals surface area contributed by atoms with Gasteiger partial charge in [-0.2, -0.15) is 5.26 Å². The smallest absolute Gasteiger partial charge is 0.179 e. The van der Waals surface area contributed by atoms with Gasteiger partial charge in [-0.15, -0.1) is 0 Å². The molecular weight excluding hydrogens is 371 g/mol. The van der Waals surface area contributed by atoms with E-state index >= 15 is 0 Å². The predicted molar refractivity (Wildman–Crippen MR) is 98.9 cm³/mol. The van der Waals surface area contributed by atoms with Gasteiger partial charge in [0.15, 0.2) is 16.0 Å². The molecule has 0 aromatic heterocycles. The zero-order valence-electron chi connectivity index (χ0n) is 15.2. The monoisotopic (exact) mass is 394 g/mol. The first-order valence-corrected chi connectivity index (χ1v) is 10.8. The number of likely N-dealkylation sites (tertiary alicyclic amines) is 1. The number of sulfone groups is 1. The number of piperidine rings is 1. The van der Waals surface area contributed by atoms with Crippen molar-refractivity contribution in [3.8, 4) is 6.19 Å². The molecule has 2 aliphatic rings. The van der Waals surface area contributed by atoms with Crippen molar-refractivity contribution in [3.05, 3.63) is 35.8 Å². The summed E-state index contributed by atoms with van der Waals surface area (Å²) in [7, 11) is -3.42. The average molecular weight is 394 g/mol. The van der Waals surface area contributed by atoms with Crippen LogP contribution in [0.2, 0.25) is 0 Å². The van der Waals surface area contributed by atoms with Crippen LogP contribution in [0, 0.1) is 17.3 Å². The van der Waals surface area contributed by atoms with E-state index in [4.69, 9.17) is 10.1 Å². The molecule has 1 aromatic rings. The first kappa shape index (κ1) is 19.5. The van der Waals surface area contributed by atoms with E-state index in [1.54, 1.807) is 4.90 Å². The summed E-state index contributed by atoms with van der Waals surface area (Å²) in [5, 5.41) is 8.85. The van der Waals surface area contributed by atoms with Gasteiger partial charge in [-0.3, -0.25) is 10.3 Å². The van der Waals surface area contributed by atoms with Crippen molar-refractivity contribution >= 4 is 15.5 Å². The molecule has 1 aromatic carbocycles. The molecule has 3 rings (SSSR count). The fraction of sp³-hybridized carbons (Fsp3) is 0.500. The second-order valence-corrected chi connectivity index (χ2v) is 8.83. The van der Waals surface area contributed by atoms with Crippen LogP contribution in [-0.4, -0.2) is 51.9 Å². The van der Waals surface area contributed by atoms with Crippen LogP contribution in [0.4, 0.5) is 10.1 Å². The van der Waals surface area contributed by atoms with Crippen LogP contribution in [0.25, 0.3) is 0 Å². The first-order valence-electron chi connectivity index (χ1n) is 8.87. The van der Waals surface area contributed by atoms with E-state index in [9.17, 15) is 12.8 Å². The molecule has 1 fully saturated rings. The Hall–Kier alpha value is -2.31. The van der Waals surface area contributed by atoms with Crippen molar-refractivity contribution in [1.29, 1.82) is 5.26 Å². The van der Waals surface area contributed by atoms with Gasteiger partial charge in [0.1, 0.15) is 5.82 Å². The molecule has 1 saturated heterocycles. The van der Waals surface area contributed by atoms with E-state index in [-0.39, 0.29) is 11.0 Å². The Kier molecular flexibility index (Phi) is 5.87. The minimum absolute atomic E-state index is 0.0190. The summed E-state index contributed by atoms with van der Waals surface area (Å²) >= 11 is 0. The number of hydroxylamine groups is 1. The fourth-order valence-corrected chi connectivity index (χ4v) is 3.82. The Bertz CT molecular complexity index is 858. The molecule has 7 nitrogen and oxygen atoms in total. The maximum atomic E-state index is 14.3. The summed E-state index contributed by atoms with van der Waals surface area (Å²) in [5.74, 6) is -0.539. The fourth-order valence-electron chi connectivity index (χ4n) is 3.19. The summed E-state index contributed by atoms with van der Waals surface area (Å²) in [6.45, 7) is 2.52. The normalized spacial score (nSPS) is 18.8. The molecule has 0 spiro atoms. The highest BCUT2D eigenvalue weighted by molar-refractivity contribution is 7.90. The predicted octanol–water partition coefficient (Wildman–Crippen LogP) is 1.79. The molecule has 0 unspecified atom stereocenters. The van der Waals surface area contributed by atoms with Crippen molar-refractivity contribution in [2.45, 2.75) is 30.3 Å². The van der Waals surface area contributed by atoms with Crippen LogP contribution >= 0.6 is 0 Å². The molecule has 0 aliphatic carbocycles. The molecule has 0 bridgehead atoms. The second-order valence-electron chi connectivity index (χ2n) is 6.82. The standard InChI is InChI=1S/C18H23FN4O3S/c1-27(24,25)16-2-3-18(17(19)12-16)23-10-4-14(5-11-23)21-26-15-6-8-22(13-20)9-7-15/h2-4,12,15,21H,5-11H2,1H3. The molecule has 0 saturated carbocycles. The van der Waals surface area contributed by atoms with Gasteiger partial charge < -0.3 is 9.80 Å².